The molecule has 0 heterocycles. The van der Waals surface area contributed by atoms with E-state index in [0.29, 0.717) is 18.7 Å². The number of nitrogens with one attached hydrogen (secondary N) is 3. The van der Waals surface area contributed by atoms with Crippen molar-refractivity contribution < 1.29 is 4.79 Å². The number of carbonyl (C=O) groups excluding carboxylic acids is 1. The summed E-state index contributed by atoms with van der Waals surface area (Å²) in [5.74, 6) is -0.278. The SMILES string of the molecule is C=C(C)C(=O)NCCNC(=N)N.Cl. The molecule has 0 aromatic carbocycles. The van der Waals surface area contributed by atoms with E-state index in [1.165, 1.54) is 0 Å². The minimum absolute atomic E-state index is 0. The molecule has 0 bridgehead atoms. The van der Waals surface area contributed by atoms with Gasteiger partial charge in [-0.2, -0.15) is 0 Å². The van der Waals surface area contributed by atoms with Crippen molar-refractivity contribution in [3.05, 3.63) is 12.2 Å². The second kappa shape index (κ2) is 7.42. The van der Waals surface area contributed by atoms with Crippen molar-refractivity contribution >= 4 is 24.3 Å². The quantitative estimate of drug-likeness (QED) is 0.218. The molecule has 5 nitrogen and oxygen atoms in total. The number of guanidine groups is 1. The van der Waals surface area contributed by atoms with Crippen LogP contribution in [0.5, 0.6) is 0 Å². The molecule has 0 radical (unpaired) electrons. The van der Waals surface area contributed by atoms with Gasteiger partial charge in [0.25, 0.3) is 0 Å². The van der Waals surface area contributed by atoms with Crippen LogP contribution in [-0.2, 0) is 4.79 Å². The summed E-state index contributed by atoms with van der Waals surface area (Å²) in [7, 11) is 0. The van der Waals surface area contributed by atoms with E-state index in [2.05, 4.69) is 17.2 Å². The van der Waals surface area contributed by atoms with Gasteiger partial charge in [-0.25, -0.2) is 0 Å². The van der Waals surface area contributed by atoms with E-state index < -0.39 is 0 Å². The number of amides is 1. The highest BCUT2D eigenvalue weighted by Gasteiger charge is 1.98. The van der Waals surface area contributed by atoms with Crippen LogP contribution in [0.15, 0.2) is 12.2 Å². The van der Waals surface area contributed by atoms with Crippen molar-refractivity contribution in [2.45, 2.75) is 6.92 Å². The molecule has 0 aromatic heterocycles. The largest absolute Gasteiger partial charge is 0.370 e. The summed E-state index contributed by atoms with van der Waals surface area (Å²) < 4.78 is 0. The van der Waals surface area contributed by atoms with Crippen LogP contribution in [-0.4, -0.2) is 25.0 Å². The van der Waals surface area contributed by atoms with Crippen molar-refractivity contribution in [3.63, 3.8) is 0 Å². The standard InChI is InChI=1S/C7H14N4O.ClH/c1-5(2)6(12)10-3-4-11-7(8)9;/h1,3-4H2,2H3,(H,10,12)(H4,8,9,11);1H. The lowest BCUT2D eigenvalue weighted by atomic mass is 10.3. The first-order valence-electron chi connectivity index (χ1n) is 3.55. The molecular formula is C7H15ClN4O. The second-order valence-corrected chi connectivity index (χ2v) is 2.38. The summed E-state index contributed by atoms with van der Waals surface area (Å²) in [6.07, 6.45) is 0. The van der Waals surface area contributed by atoms with Gasteiger partial charge in [-0.05, 0) is 6.92 Å². The molecule has 0 aliphatic carbocycles. The third-order valence-electron chi connectivity index (χ3n) is 1.11. The van der Waals surface area contributed by atoms with Crippen molar-refractivity contribution in [1.29, 1.82) is 5.41 Å². The maximum Gasteiger partial charge on any atom is 0.246 e. The Morgan fingerprint density at radius 3 is 2.31 bits per heavy atom. The van der Waals surface area contributed by atoms with Gasteiger partial charge in [0.15, 0.2) is 5.96 Å². The molecule has 0 unspecified atom stereocenters. The Hall–Kier alpha value is -1.23. The minimum atomic E-state index is -0.180. The monoisotopic (exact) mass is 206 g/mol. The lowest BCUT2D eigenvalue weighted by molar-refractivity contribution is -0.117. The lowest BCUT2D eigenvalue weighted by Gasteiger charge is -2.05. The molecule has 6 heteroatoms. The molecule has 0 rings (SSSR count). The molecule has 0 saturated carbocycles. The van der Waals surface area contributed by atoms with Gasteiger partial charge in [-0.15, -0.1) is 12.4 Å². The number of halogens is 1. The van der Waals surface area contributed by atoms with E-state index in [1.807, 2.05) is 0 Å². The first-order valence-corrected chi connectivity index (χ1v) is 3.55. The molecule has 76 valence electrons. The first-order chi connectivity index (χ1) is 5.54. The van der Waals surface area contributed by atoms with Crippen LogP contribution in [0.2, 0.25) is 0 Å². The number of carbonyl (C=O) groups is 1. The van der Waals surface area contributed by atoms with Gasteiger partial charge in [0.05, 0.1) is 0 Å². The smallest absolute Gasteiger partial charge is 0.246 e. The zero-order valence-corrected chi connectivity index (χ0v) is 8.33. The fraction of sp³-hybridized carbons (Fsp3) is 0.429. The summed E-state index contributed by atoms with van der Waals surface area (Å²) in [6, 6.07) is 0. The zero-order chi connectivity index (χ0) is 9.56. The van der Waals surface area contributed by atoms with Crippen LogP contribution in [0, 0.1) is 5.41 Å². The highest BCUT2D eigenvalue weighted by molar-refractivity contribution is 5.92. The normalized spacial score (nSPS) is 8.08. The zero-order valence-electron chi connectivity index (χ0n) is 7.52. The van der Waals surface area contributed by atoms with Crippen molar-refractivity contribution in [2.24, 2.45) is 5.73 Å². The maximum atomic E-state index is 10.9. The van der Waals surface area contributed by atoms with Crippen LogP contribution in [0.25, 0.3) is 0 Å². The molecule has 0 atom stereocenters. The predicted molar refractivity (Wildman–Crippen MR) is 55.0 cm³/mol. The van der Waals surface area contributed by atoms with Gasteiger partial charge in [-0.3, -0.25) is 10.2 Å². The van der Waals surface area contributed by atoms with Crippen LogP contribution < -0.4 is 16.4 Å². The van der Waals surface area contributed by atoms with Gasteiger partial charge in [0, 0.05) is 18.7 Å². The van der Waals surface area contributed by atoms with Crippen LogP contribution in [0.3, 0.4) is 0 Å². The molecule has 0 aromatic rings. The number of rotatable bonds is 4. The van der Waals surface area contributed by atoms with E-state index in [-0.39, 0.29) is 24.3 Å². The molecule has 13 heavy (non-hydrogen) atoms. The van der Waals surface area contributed by atoms with Crippen LogP contribution >= 0.6 is 12.4 Å². The van der Waals surface area contributed by atoms with E-state index in [4.69, 9.17) is 11.1 Å². The number of hydrogen-bond donors (Lipinski definition) is 4. The average Bonchev–Trinajstić information content (AvgIpc) is 1.97. The van der Waals surface area contributed by atoms with Gasteiger partial charge < -0.3 is 16.4 Å². The summed E-state index contributed by atoms with van der Waals surface area (Å²) in [6.45, 7) is 5.99. The lowest BCUT2D eigenvalue weighted by Crippen LogP contribution is -2.37. The highest BCUT2D eigenvalue weighted by Crippen LogP contribution is 1.83. The van der Waals surface area contributed by atoms with Gasteiger partial charge in [0.2, 0.25) is 5.91 Å². The van der Waals surface area contributed by atoms with Crippen LogP contribution in [0.4, 0.5) is 0 Å². The predicted octanol–water partition coefficient (Wildman–Crippen LogP) is -0.416. The number of hydrogen-bond acceptors (Lipinski definition) is 2. The Labute approximate surface area is 83.7 Å². The van der Waals surface area contributed by atoms with Gasteiger partial charge >= 0.3 is 0 Å². The second-order valence-electron chi connectivity index (χ2n) is 2.38. The first kappa shape index (κ1) is 14.3. The van der Waals surface area contributed by atoms with Crippen molar-refractivity contribution in [1.82, 2.24) is 10.6 Å². The average molecular weight is 207 g/mol. The Bertz CT molecular complexity index is 205. The van der Waals surface area contributed by atoms with Crippen LogP contribution in [0.1, 0.15) is 6.92 Å². The molecule has 0 aliphatic rings. The Balaban J connectivity index is 0. The molecular weight excluding hydrogens is 192 g/mol. The Morgan fingerprint density at radius 2 is 1.92 bits per heavy atom. The molecule has 0 aliphatic heterocycles. The fourth-order valence-corrected chi connectivity index (χ4v) is 0.524. The van der Waals surface area contributed by atoms with Gasteiger partial charge in [0.1, 0.15) is 0 Å². The third kappa shape index (κ3) is 8.68. The van der Waals surface area contributed by atoms with Gasteiger partial charge in [-0.1, -0.05) is 6.58 Å². The number of nitrogens with two attached hydrogens (primary N) is 1. The van der Waals surface area contributed by atoms with Crippen molar-refractivity contribution in [3.8, 4) is 0 Å². The summed E-state index contributed by atoms with van der Waals surface area (Å²) in [4.78, 5) is 10.9. The summed E-state index contributed by atoms with van der Waals surface area (Å²) >= 11 is 0. The summed E-state index contributed by atoms with van der Waals surface area (Å²) in [5.41, 5.74) is 5.48. The third-order valence-corrected chi connectivity index (χ3v) is 1.11. The van der Waals surface area contributed by atoms with E-state index >= 15 is 0 Å². The Kier molecular flexibility index (Phi) is 8.16. The van der Waals surface area contributed by atoms with E-state index in [0.717, 1.165) is 0 Å². The molecule has 0 fully saturated rings. The maximum absolute atomic E-state index is 10.9. The molecule has 0 spiro atoms. The van der Waals surface area contributed by atoms with E-state index in [1.54, 1.807) is 6.92 Å². The minimum Gasteiger partial charge on any atom is -0.370 e. The molecule has 5 N–H and O–H groups in total. The highest BCUT2D eigenvalue weighted by atomic mass is 35.5. The Morgan fingerprint density at radius 1 is 1.46 bits per heavy atom. The molecule has 0 saturated heterocycles. The summed E-state index contributed by atoms with van der Waals surface area (Å²) in [5, 5.41) is 11.9. The fourth-order valence-electron chi connectivity index (χ4n) is 0.524. The van der Waals surface area contributed by atoms with Crippen molar-refractivity contribution in [2.75, 3.05) is 13.1 Å². The molecule has 1 amide bonds. The topological polar surface area (TPSA) is 91.0 Å². The van der Waals surface area contributed by atoms with E-state index in [9.17, 15) is 4.79 Å².